The van der Waals surface area contributed by atoms with Crippen LogP contribution in [0.4, 0.5) is 0 Å². The van der Waals surface area contributed by atoms with Crippen LogP contribution in [0.3, 0.4) is 0 Å². The zero-order valence-electron chi connectivity index (χ0n) is 7.53. The van der Waals surface area contributed by atoms with Gasteiger partial charge in [-0.1, -0.05) is 26.8 Å². The van der Waals surface area contributed by atoms with Crippen LogP contribution in [0.1, 0.15) is 26.3 Å². The van der Waals surface area contributed by atoms with Crippen molar-refractivity contribution in [3.63, 3.8) is 0 Å². The Hall–Kier alpha value is -1.25. The molecule has 0 saturated carbocycles. The Morgan fingerprint density at radius 3 is 2.42 bits per heavy atom. The first-order chi connectivity index (χ1) is 5.43. The molecule has 0 aliphatic carbocycles. The van der Waals surface area contributed by atoms with E-state index in [9.17, 15) is 4.79 Å². The van der Waals surface area contributed by atoms with Gasteiger partial charge in [-0.3, -0.25) is 4.79 Å². The van der Waals surface area contributed by atoms with E-state index in [-0.39, 0.29) is 11.0 Å². The van der Waals surface area contributed by atoms with Gasteiger partial charge in [-0.15, -0.1) is 0 Å². The first-order valence-electron chi connectivity index (χ1n) is 3.84. The van der Waals surface area contributed by atoms with Crippen molar-refractivity contribution < 1.29 is 5.21 Å². The lowest BCUT2D eigenvalue weighted by Gasteiger charge is -2.17. The second-order valence-electron chi connectivity index (χ2n) is 3.82. The highest BCUT2D eigenvalue weighted by molar-refractivity contribution is 5.18. The molecule has 1 aromatic rings. The van der Waals surface area contributed by atoms with Crippen LogP contribution in [0.15, 0.2) is 23.1 Å². The molecule has 0 atom stereocenters. The molecule has 1 heterocycles. The molecule has 0 amide bonds. The molecule has 0 saturated heterocycles. The first-order valence-corrected chi connectivity index (χ1v) is 3.84. The molecule has 0 aliphatic rings. The summed E-state index contributed by atoms with van der Waals surface area (Å²) in [7, 11) is 0. The van der Waals surface area contributed by atoms with E-state index in [0.717, 1.165) is 0 Å². The molecule has 0 fully saturated rings. The van der Waals surface area contributed by atoms with Gasteiger partial charge in [0, 0.05) is 11.8 Å². The van der Waals surface area contributed by atoms with Crippen molar-refractivity contribution in [2.45, 2.75) is 26.2 Å². The SMILES string of the molecule is CC(C)(C)c1cccn(O)c1=O. The topological polar surface area (TPSA) is 42.2 Å². The summed E-state index contributed by atoms with van der Waals surface area (Å²) >= 11 is 0. The van der Waals surface area contributed by atoms with Crippen molar-refractivity contribution in [3.8, 4) is 0 Å². The molecule has 3 nitrogen and oxygen atoms in total. The number of rotatable bonds is 0. The van der Waals surface area contributed by atoms with E-state index in [1.54, 1.807) is 12.1 Å². The maximum atomic E-state index is 11.3. The summed E-state index contributed by atoms with van der Waals surface area (Å²) in [5, 5.41) is 9.07. The molecule has 0 aromatic carbocycles. The van der Waals surface area contributed by atoms with E-state index in [2.05, 4.69) is 0 Å². The fraction of sp³-hybridized carbons (Fsp3) is 0.444. The van der Waals surface area contributed by atoms with E-state index in [4.69, 9.17) is 5.21 Å². The Kier molecular flexibility index (Phi) is 1.96. The second kappa shape index (κ2) is 2.66. The van der Waals surface area contributed by atoms with Crippen LogP contribution in [0.25, 0.3) is 0 Å². The van der Waals surface area contributed by atoms with Crippen molar-refractivity contribution in [2.75, 3.05) is 0 Å². The number of aromatic nitrogens is 1. The fourth-order valence-electron chi connectivity index (χ4n) is 1.05. The summed E-state index contributed by atoms with van der Waals surface area (Å²) in [5.74, 6) is 0. The van der Waals surface area contributed by atoms with Gasteiger partial charge in [0.25, 0.3) is 5.56 Å². The zero-order valence-corrected chi connectivity index (χ0v) is 7.53. The molecule has 1 rings (SSSR count). The predicted molar refractivity (Wildman–Crippen MR) is 46.6 cm³/mol. The van der Waals surface area contributed by atoms with Gasteiger partial charge in [-0.2, -0.15) is 4.73 Å². The Labute approximate surface area is 71.2 Å². The van der Waals surface area contributed by atoms with Crippen LogP contribution < -0.4 is 5.56 Å². The third kappa shape index (κ3) is 1.49. The summed E-state index contributed by atoms with van der Waals surface area (Å²) < 4.78 is 0.612. The maximum absolute atomic E-state index is 11.3. The second-order valence-corrected chi connectivity index (χ2v) is 3.82. The van der Waals surface area contributed by atoms with Gasteiger partial charge in [0.15, 0.2) is 0 Å². The van der Waals surface area contributed by atoms with Crippen molar-refractivity contribution >= 4 is 0 Å². The molecular weight excluding hydrogens is 154 g/mol. The highest BCUT2D eigenvalue weighted by atomic mass is 16.5. The van der Waals surface area contributed by atoms with Gasteiger partial charge in [0.05, 0.1) is 0 Å². The van der Waals surface area contributed by atoms with E-state index in [1.807, 2.05) is 20.8 Å². The predicted octanol–water partition coefficient (Wildman–Crippen LogP) is 1.38. The molecule has 1 aromatic heterocycles. The maximum Gasteiger partial charge on any atom is 0.286 e. The first kappa shape index (κ1) is 8.84. The minimum Gasteiger partial charge on any atom is -0.425 e. The lowest BCUT2D eigenvalue weighted by atomic mass is 9.88. The average molecular weight is 167 g/mol. The molecule has 3 heteroatoms. The molecular formula is C9H13NO2. The summed E-state index contributed by atoms with van der Waals surface area (Å²) in [6.45, 7) is 5.80. The molecule has 0 bridgehead atoms. The van der Waals surface area contributed by atoms with Gasteiger partial charge < -0.3 is 5.21 Å². The van der Waals surface area contributed by atoms with Gasteiger partial charge in [0.1, 0.15) is 0 Å². The van der Waals surface area contributed by atoms with Crippen LogP contribution >= 0.6 is 0 Å². The largest absolute Gasteiger partial charge is 0.425 e. The van der Waals surface area contributed by atoms with Crippen molar-refractivity contribution in [1.82, 2.24) is 4.73 Å². The van der Waals surface area contributed by atoms with E-state index in [0.29, 0.717) is 10.3 Å². The lowest BCUT2D eigenvalue weighted by molar-refractivity contribution is 0.172. The monoisotopic (exact) mass is 167 g/mol. The van der Waals surface area contributed by atoms with Crippen LogP contribution in [-0.2, 0) is 5.41 Å². The summed E-state index contributed by atoms with van der Waals surface area (Å²) in [6, 6.07) is 3.39. The summed E-state index contributed by atoms with van der Waals surface area (Å²) in [4.78, 5) is 11.3. The van der Waals surface area contributed by atoms with E-state index in [1.165, 1.54) is 6.20 Å². The normalized spacial score (nSPS) is 11.6. The van der Waals surface area contributed by atoms with Crippen molar-refractivity contribution in [1.29, 1.82) is 0 Å². The van der Waals surface area contributed by atoms with Crippen LogP contribution in [0.2, 0.25) is 0 Å². The molecule has 12 heavy (non-hydrogen) atoms. The van der Waals surface area contributed by atoms with Gasteiger partial charge in [0.2, 0.25) is 0 Å². The molecule has 0 radical (unpaired) electrons. The number of hydrogen-bond acceptors (Lipinski definition) is 2. The molecule has 0 unspecified atom stereocenters. The Bertz CT molecular complexity index is 333. The number of nitrogens with zero attached hydrogens (tertiary/aromatic N) is 1. The fourth-order valence-corrected chi connectivity index (χ4v) is 1.05. The van der Waals surface area contributed by atoms with Gasteiger partial charge in [-0.25, -0.2) is 0 Å². The van der Waals surface area contributed by atoms with Gasteiger partial charge >= 0.3 is 0 Å². The van der Waals surface area contributed by atoms with Crippen LogP contribution in [-0.4, -0.2) is 9.94 Å². The molecule has 1 N–H and O–H groups in total. The van der Waals surface area contributed by atoms with Crippen LogP contribution in [0, 0.1) is 0 Å². The van der Waals surface area contributed by atoms with Crippen molar-refractivity contribution in [2.24, 2.45) is 0 Å². The molecule has 66 valence electrons. The third-order valence-electron chi connectivity index (χ3n) is 1.74. The van der Waals surface area contributed by atoms with E-state index < -0.39 is 0 Å². The smallest absolute Gasteiger partial charge is 0.286 e. The zero-order chi connectivity index (χ0) is 9.35. The molecule has 0 spiro atoms. The Morgan fingerprint density at radius 2 is 2.00 bits per heavy atom. The quantitative estimate of drug-likeness (QED) is 0.593. The summed E-state index contributed by atoms with van der Waals surface area (Å²) in [5.41, 5.74) is 0.0560. The third-order valence-corrected chi connectivity index (χ3v) is 1.74. The summed E-state index contributed by atoms with van der Waals surface area (Å²) in [6.07, 6.45) is 1.33. The number of pyridine rings is 1. The van der Waals surface area contributed by atoms with Crippen LogP contribution in [0.5, 0.6) is 0 Å². The van der Waals surface area contributed by atoms with E-state index >= 15 is 0 Å². The molecule has 0 aliphatic heterocycles. The van der Waals surface area contributed by atoms with Gasteiger partial charge in [-0.05, 0) is 11.5 Å². The van der Waals surface area contributed by atoms with Crippen molar-refractivity contribution in [3.05, 3.63) is 34.2 Å². The lowest BCUT2D eigenvalue weighted by Crippen LogP contribution is -2.28. The standard InChI is InChI=1S/C9H13NO2/c1-9(2,3)7-5-4-6-10(12)8(7)11/h4-6,12H,1-3H3. The minimum absolute atomic E-state index is 0.219. The minimum atomic E-state index is -0.343. The highest BCUT2D eigenvalue weighted by Crippen LogP contribution is 2.17. The highest BCUT2D eigenvalue weighted by Gasteiger charge is 2.17. The Morgan fingerprint density at radius 1 is 1.42 bits per heavy atom. The average Bonchev–Trinajstić information content (AvgIpc) is 1.92. The number of hydrogen-bond donors (Lipinski definition) is 1. The Balaban J connectivity index is 3.37.